The van der Waals surface area contributed by atoms with E-state index >= 15 is 0 Å². The normalized spacial score (nSPS) is 15.2. The molecule has 2 atom stereocenters. The van der Waals surface area contributed by atoms with Gasteiger partial charge in [-0.05, 0) is 97.3 Å². The molecule has 0 radical (unpaired) electrons. The zero-order valence-electron chi connectivity index (χ0n) is 34.5. The summed E-state index contributed by atoms with van der Waals surface area (Å²) in [6.45, 7) is 11.8. The number of rotatable bonds is 17. The third kappa shape index (κ3) is 8.34. The number of nitriles is 1. The highest BCUT2D eigenvalue weighted by Gasteiger charge is 2.36. The Kier molecular flexibility index (Phi) is 13.1. The van der Waals surface area contributed by atoms with Crippen LogP contribution in [0.2, 0.25) is 0 Å². The number of carbonyl (C=O) groups excluding carboxylic acids is 2. The number of nitrogens with zero attached hydrogens (tertiary/aromatic N) is 4. The van der Waals surface area contributed by atoms with E-state index in [4.69, 9.17) is 0 Å². The molecular weight excluding hydrogens is 753 g/mol. The van der Waals surface area contributed by atoms with Gasteiger partial charge in [-0.25, -0.2) is 0 Å². The smallest absolute Gasteiger partial charge is 0.271 e. The van der Waals surface area contributed by atoms with E-state index in [0.717, 1.165) is 60.6 Å². The van der Waals surface area contributed by atoms with Crippen LogP contribution >= 0.6 is 22.7 Å². The van der Waals surface area contributed by atoms with Crippen molar-refractivity contribution in [1.29, 1.82) is 5.26 Å². The van der Waals surface area contributed by atoms with E-state index in [1.165, 1.54) is 55.0 Å². The number of anilines is 3. The van der Waals surface area contributed by atoms with Crippen LogP contribution in [-0.4, -0.2) is 27.8 Å². The van der Waals surface area contributed by atoms with Crippen molar-refractivity contribution in [2.75, 3.05) is 11.4 Å². The van der Waals surface area contributed by atoms with Crippen LogP contribution in [0.3, 0.4) is 0 Å². The highest BCUT2D eigenvalue weighted by atomic mass is 32.1. The summed E-state index contributed by atoms with van der Waals surface area (Å²) in [6, 6.07) is 36.6. The van der Waals surface area contributed by atoms with E-state index in [0.29, 0.717) is 23.6 Å². The highest BCUT2D eigenvalue weighted by molar-refractivity contribution is 7.29. The van der Waals surface area contributed by atoms with Crippen LogP contribution in [0.5, 0.6) is 0 Å². The van der Waals surface area contributed by atoms with E-state index in [1.807, 2.05) is 29.5 Å². The summed E-state index contributed by atoms with van der Waals surface area (Å²) in [5, 5.41) is 10.1. The Morgan fingerprint density at radius 2 is 1.26 bits per heavy atom. The van der Waals surface area contributed by atoms with Crippen LogP contribution < -0.4 is 4.90 Å². The van der Waals surface area contributed by atoms with E-state index < -0.39 is 5.91 Å². The molecular formula is C50H54N4O2S2. The summed E-state index contributed by atoms with van der Waals surface area (Å²) in [6.07, 6.45) is 10.5. The SMILES string of the molecule is CCCCC(CC)CN1C(=O)C(C#N)=C(C)/C(=C/c2cc3c(s2)c2sc(-c4ccc(N(c5ccccc5)c5ccccc5)cc4)cc2n3CC(CC)CCCC)C1=O. The summed E-state index contributed by atoms with van der Waals surface area (Å²) in [7, 11) is 0. The van der Waals surface area contributed by atoms with Gasteiger partial charge in [0.1, 0.15) is 11.6 Å². The van der Waals surface area contributed by atoms with Crippen molar-refractivity contribution in [3.05, 3.63) is 119 Å². The van der Waals surface area contributed by atoms with E-state index in [2.05, 4.69) is 128 Å². The van der Waals surface area contributed by atoms with Gasteiger partial charge in [0.25, 0.3) is 11.8 Å². The lowest BCUT2D eigenvalue weighted by molar-refractivity contribution is -0.141. The molecule has 1 aliphatic rings. The lowest BCUT2D eigenvalue weighted by Crippen LogP contribution is -2.45. The second kappa shape index (κ2) is 18.6. The van der Waals surface area contributed by atoms with Gasteiger partial charge in [-0.15, -0.1) is 22.7 Å². The summed E-state index contributed by atoms with van der Waals surface area (Å²) in [5.41, 5.74) is 7.89. The Morgan fingerprint density at radius 1 is 0.707 bits per heavy atom. The number of amides is 2. The van der Waals surface area contributed by atoms with Crippen LogP contribution in [0.4, 0.5) is 17.1 Å². The van der Waals surface area contributed by atoms with Crippen LogP contribution in [0.1, 0.15) is 90.9 Å². The molecule has 298 valence electrons. The van der Waals surface area contributed by atoms with Gasteiger partial charge in [0.2, 0.25) is 0 Å². The zero-order chi connectivity index (χ0) is 40.8. The largest absolute Gasteiger partial charge is 0.339 e. The maximum atomic E-state index is 14.1. The summed E-state index contributed by atoms with van der Waals surface area (Å²) >= 11 is 3.52. The number of imide groups is 1. The van der Waals surface area contributed by atoms with E-state index in [-0.39, 0.29) is 17.4 Å². The van der Waals surface area contributed by atoms with Gasteiger partial charge in [0.15, 0.2) is 0 Å². The molecule has 8 heteroatoms. The number of unbranched alkanes of at least 4 members (excludes halogenated alkanes) is 2. The van der Waals surface area contributed by atoms with Crippen molar-refractivity contribution in [2.45, 2.75) is 92.5 Å². The van der Waals surface area contributed by atoms with Gasteiger partial charge >= 0.3 is 0 Å². The first kappa shape index (κ1) is 40.9. The number of hydrogen-bond donors (Lipinski definition) is 0. The van der Waals surface area contributed by atoms with Gasteiger partial charge in [-0.1, -0.05) is 115 Å². The van der Waals surface area contributed by atoms with Gasteiger partial charge < -0.3 is 9.47 Å². The topological polar surface area (TPSA) is 69.3 Å². The van der Waals surface area contributed by atoms with Crippen molar-refractivity contribution >= 4 is 78.1 Å². The van der Waals surface area contributed by atoms with Gasteiger partial charge in [-0.3, -0.25) is 14.5 Å². The Hall–Kier alpha value is -5.23. The van der Waals surface area contributed by atoms with Crippen LogP contribution in [0, 0.1) is 23.2 Å². The molecule has 4 heterocycles. The van der Waals surface area contributed by atoms with Crippen molar-refractivity contribution in [3.63, 3.8) is 0 Å². The summed E-state index contributed by atoms with van der Waals surface area (Å²) in [5.74, 6) is -0.00780. The minimum Gasteiger partial charge on any atom is -0.339 e. The van der Waals surface area contributed by atoms with Gasteiger partial charge in [0.05, 0.1) is 20.4 Å². The molecule has 1 aliphatic heterocycles. The highest BCUT2D eigenvalue weighted by Crippen LogP contribution is 2.45. The molecule has 2 amide bonds. The molecule has 0 saturated heterocycles. The molecule has 0 saturated carbocycles. The quantitative estimate of drug-likeness (QED) is 0.0680. The fourth-order valence-electron chi connectivity index (χ4n) is 8.21. The predicted molar refractivity (Wildman–Crippen MR) is 245 cm³/mol. The average Bonchev–Trinajstić information content (AvgIpc) is 3.94. The summed E-state index contributed by atoms with van der Waals surface area (Å²) < 4.78 is 4.97. The maximum Gasteiger partial charge on any atom is 0.271 e. The Bertz CT molecular complexity index is 2440. The fraction of sp³-hybridized carbons (Fsp3) is 0.340. The Morgan fingerprint density at radius 3 is 1.83 bits per heavy atom. The molecule has 0 bridgehead atoms. The minimum atomic E-state index is -0.466. The van der Waals surface area contributed by atoms with Gasteiger partial charge in [0, 0.05) is 45.5 Å². The number of aromatic nitrogens is 1. The molecule has 3 aromatic carbocycles. The molecule has 6 nitrogen and oxygen atoms in total. The van der Waals surface area contributed by atoms with Crippen LogP contribution in [0.25, 0.3) is 36.9 Å². The van der Waals surface area contributed by atoms with Crippen molar-refractivity contribution in [3.8, 4) is 16.5 Å². The number of hydrogen-bond acceptors (Lipinski definition) is 6. The van der Waals surface area contributed by atoms with E-state index in [9.17, 15) is 14.9 Å². The number of fused-ring (bicyclic) bond motifs is 3. The molecule has 0 N–H and O–H groups in total. The first-order chi connectivity index (χ1) is 28.3. The standard InChI is InChI=1S/C50H54N4O2S2/c1-6-10-18-35(8-3)32-52-44-29-41(28-42-34(5)43(31-51)50(56)53(49(42)55)33-36(9-4)19-11-7-2)57-47(44)48-45(52)30-46(58-48)37-24-26-40(27-25-37)54(38-20-14-12-15-21-38)39-22-16-13-17-23-39/h12-17,20-30,35-36H,6-11,18-19,32-33H2,1-5H3/b42-28-. The monoisotopic (exact) mass is 806 g/mol. The van der Waals surface area contributed by atoms with Crippen LogP contribution in [-0.2, 0) is 16.1 Å². The van der Waals surface area contributed by atoms with Crippen molar-refractivity contribution in [2.24, 2.45) is 11.8 Å². The van der Waals surface area contributed by atoms with E-state index in [1.54, 1.807) is 18.3 Å². The number of thiophene rings is 2. The fourth-order valence-corrected chi connectivity index (χ4v) is 10.6. The zero-order valence-corrected chi connectivity index (χ0v) is 36.1. The number of para-hydroxylation sites is 2. The Labute approximate surface area is 351 Å². The molecule has 7 rings (SSSR count). The first-order valence-electron chi connectivity index (χ1n) is 21.0. The number of carbonyl (C=O) groups is 2. The molecule has 0 aliphatic carbocycles. The summed E-state index contributed by atoms with van der Waals surface area (Å²) in [4.78, 5) is 33.4. The Balaban J connectivity index is 1.28. The minimum absolute atomic E-state index is 0.0653. The van der Waals surface area contributed by atoms with Gasteiger partial charge in [-0.2, -0.15) is 5.26 Å². The maximum absolute atomic E-state index is 14.1. The third-order valence-corrected chi connectivity index (χ3v) is 14.2. The predicted octanol–water partition coefficient (Wildman–Crippen LogP) is 14.1. The first-order valence-corrected chi connectivity index (χ1v) is 22.7. The molecule has 2 unspecified atom stereocenters. The lowest BCUT2D eigenvalue weighted by atomic mass is 9.92. The third-order valence-electron chi connectivity index (χ3n) is 11.8. The molecule has 6 aromatic rings. The van der Waals surface area contributed by atoms with Crippen molar-refractivity contribution < 1.29 is 9.59 Å². The average molecular weight is 807 g/mol. The molecule has 0 fully saturated rings. The lowest BCUT2D eigenvalue weighted by Gasteiger charge is -2.30. The molecule has 58 heavy (non-hydrogen) atoms. The van der Waals surface area contributed by atoms with Crippen molar-refractivity contribution in [1.82, 2.24) is 9.47 Å². The second-order valence-electron chi connectivity index (χ2n) is 15.6. The van der Waals surface area contributed by atoms with Crippen LogP contribution in [0.15, 0.2) is 114 Å². The number of benzene rings is 3. The molecule has 3 aromatic heterocycles. The molecule has 0 spiro atoms. The second-order valence-corrected chi connectivity index (χ2v) is 17.7.